The Balaban J connectivity index is 2.11. The van der Waals surface area contributed by atoms with Crippen LogP contribution in [0, 0.1) is 6.92 Å². The Labute approximate surface area is 145 Å². The zero-order valence-corrected chi connectivity index (χ0v) is 15.0. The summed E-state index contributed by atoms with van der Waals surface area (Å²) in [5, 5.41) is 0. The molecule has 1 atom stereocenters. The molecule has 0 saturated heterocycles. The molecule has 0 saturated carbocycles. The molecular formula is C21H29NO2. The predicted octanol–water partition coefficient (Wildman–Crippen LogP) is 4.47. The van der Waals surface area contributed by atoms with Crippen molar-refractivity contribution in [1.82, 2.24) is 0 Å². The van der Waals surface area contributed by atoms with Gasteiger partial charge in [0, 0.05) is 5.92 Å². The molecule has 0 amide bonds. The number of rotatable bonds is 9. The van der Waals surface area contributed by atoms with E-state index in [4.69, 9.17) is 15.2 Å². The minimum absolute atomic E-state index is 0.293. The molecule has 2 rings (SSSR count). The van der Waals surface area contributed by atoms with E-state index < -0.39 is 0 Å². The molecule has 0 heterocycles. The summed E-state index contributed by atoms with van der Waals surface area (Å²) in [4.78, 5) is 0. The van der Waals surface area contributed by atoms with Gasteiger partial charge in [0.05, 0.1) is 13.7 Å². The molecule has 0 bridgehead atoms. The van der Waals surface area contributed by atoms with Gasteiger partial charge in [0.2, 0.25) is 0 Å². The van der Waals surface area contributed by atoms with Gasteiger partial charge >= 0.3 is 0 Å². The van der Waals surface area contributed by atoms with Crippen molar-refractivity contribution < 1.29 is 9.47 Å². The Bertz CT molecular complexity index is 639. The van der Waals surface area contributed by atoms with Crippen LogP contribution < -0.4 is 15.2 Å². The maximum atomic E-state index is 6.07. The van der Waals surface area contributed by atoms with E-state index in [1.807, 2.05) is 12.1 Å². The molecule has 2 aromatic rings. The second-order valence-electron chi connectivity index (χ2n) is 6.21. The molecule has 3 nitrogen and oxygen atoms in total. The molecule has 0 fully saturated rings. The normalized spacial score (nSPS) is 12.0. The summed E-state index contributed by atoms with van der Waals surface area (Å²) in [5.41, 5.74) is 9.83. The lowest BCUT2D eigenvalue weighted by Gasteiger charge is -2.19. The Kier molecular flexibility index (Phi) is 7.13. The number of hydrogen-bond acceptors (Lipinski definition) is 3. The third-order valence-electron chi connectivity index (χ3n) is 4.35. The molecule has 0 aromatic heterocycles. The standard InChI is InChI=1S/C21H29NO2/c1-4-5-11-24-20-8-6-7-17(14-20)13-18(15-22)21-10-9-19(23-3)12-16(21)2/h6-10,12,14,18H,4-5,11,13,15,22H2,1-3H3. The van der Waals surface area contributed by atoms with Crippen molar-refractivity contribution in [2.24, 2.45) is 5.73 Å². The first-order valence-electron chi connectivity index (χ1n) is 8.74. The van der Waals surface area contributed by atoms with Crippen LogP contribution in [0.5, 0.6) is 11.5 Å². The zero-order valence-electron chi connectivity index (χ0n) is 15.0. The van der Waals surface area contributed by atoms with E-state index >= 15 is 0 Å². The second kappa shape index (κ2) is 9.33. The lowest BCUT2D eigenvalue weighted by atomic mass is 9.89. The Morgan fingerprint density at radius 3 is 2.58 bits per heavy atom. The molecule has 0 spiro atoms. The fourth-order valence-corrected chi connectivity index (χ4v) is 2.93. The molecule has 3 heteroatoms. The molecule has 1 unspecified atom stereocenters. The van der Waals surface area contributed by atoms with E-state index in [1.165, 1.54) is 16.7 Å². The molecule has 0 aliphatic rings. The van der Waals surface area contributed by atoms with Gasteiger partial charge in [-0.05, 0) is 67.3 Å². The van der Waals surface area contributed by atoms with Crippen molar-refractivity contribution in [3.05, 3.63) is 59.2 Å². The smallest absolute Gasteiger partial charge is 0.119 e. The maximum absolute atomic E-state index is 6.07. The minimum atomic E-state index is 0.293. The lowest BCUT2D eigenvalue weighted by molar-refractivity contribution is 0.309. The summed E-state index contributed by atoms with van der Waals surface area (Å²) < 4.78 is 11.1. The molecule has 2 N–H and O–H groups in total. The summed E-state index contributed by atoms with van der Waals surface area (Å²) in [6.45, 7) is 5.68. The summed E-state index contributed by atoms with van der Waals surface area (Å²) in [6.07, 6.45) is 3.14. The van der Waals surface area contributed by atoms with Crippen molar-refractivity contribution in [2.45, 2.75) is 39.0 Å². The summed E-state index contributed by atoms with van der Waals surface area (Å²) >= 11 is 0. The van der Waals surface area contributed by atoms with Crippen LogP contribution in [0.1, 0.15) is 42.4 Å². The van der Waals surface area contributed by atoms with E-state index in [9.17, 15) is 0 Å². The number of aryl methyl sites for hydroxylation is 1. The fourth-order valence-electron chi connectivity index (χ4n) is 2.93. The fraction of sp³-hybridized carbons (Fsp3) is 0.429. The van der Waals surface area contributed by atoms with Gasteiger partial charge in [0.1, 0.15) is 11.5 Å². The first kappa shape index (κ1) is 18.3. The van der Waals surface area contributed by atoms with Crippen molar-refractivity contribution in [1.29, 1.82) is 0 Å². The van der Waals surface area contributed by atoms with Crippen LogP contribution in [0.2, 0.25) is 0 Å². The van der Waals surface area contributed by atoms with Gasteiger partial charge in [-0.3, -0.25) is 0 Å². The number of methoxy groups -OCH3 is 1. The van der Waals surface area contributed by atoms with Crippen LogP contribution in [-0.4, -0.2) is 20.3 Å². The van der Waals surface area contributed by atoms with Crippen molar-refractivity contribution >= 4 is 0 Å². The Morgan fingerprint density at radius 1 is 1.08 bits per heavy atom. The van der Waals surface area contributed by atoms with Gasteiger partial charge in [0.25, 0.3) is 0 Å². The first-order chi connectivity index (χ1) is 11.7. The van der Waals surface area contributed by atoms with Crippen LogP contribution in [-0.2, 0) is 6.42 Å². The summed E-state index contributed by atoms with van der Waals surface area (Å²) in [6, 6.07) is 14.6. The maximum Gasteiger partial charge on any atom is 0.119 e. The van der Waals surface area contributed by atoms with Gasteiger partial charge in [0.15, 0.2) is 0 Å². The van der Waals surface area contributed by atoms with Crippen LogP contribution >= 0.6 is 0 Å². The third kappa shape index (κ3) is 5.00. The van der Waals surface area contributed by atoms with Gasteiger partial charge in [-0.1, -0.05) is 31.5 Å². The largest absolute Gasteiger partial charge is 0.497 e. The Morgan fingerprint density at radius 2 is 1.92 bits per heavy atom. The van der Waals surface area contributed by atoms with E-state index in [0.717, 1.165) is 37.4 Å². The number of nitrogens with two attached hydrogens (primary N) is 1. The van der Waals surface area contributed by atoms with Crippen molar-refractivity contribution in [3.8, 4) is 11.5 Å². The van der Waals surface area contributed by atoms with Crippen LogP contribution in [0.25, 0.3) is 0 Å². The SMILES string of the molecule is CCCCOc1cccc(CC(CN)c2ccc(OC)cc2C)c1. The lowest BCUT2D eigenvalue weighted by Crippen LogP contribution is -2.16. The highest BCUT2D eigenvalue weighted by atomic mass is 16.5. The zero-order chi connectivity index (χ0) is 17.4. The van der Waals surface area contributed by atoms with Crippen LogP contribution in [0.4, 0.5) is 0 Å². The molecule has 0 aliphatic heterocycles. The van der Waals surface area contributed by atoms with Gasteiger partial charge < -0.3 is 15.2 Å². The van der Waals surface area contributed by atoms with Crippen LogP contribution in [0.3, 0.4) is 0 Å². The molecular weight excluding hydrogens is 298 g/mol. The average Bonchev–Trinajstić information content (AvgIpc) is 2.60. The topological polar surface area (TPSA) is 44.5 Å². The molecule has 0 aliphatic carbocycles. The van der Waals surface area contributed by atoms with E-state index in [-0.39, 0.29) is 0 Å². The van der Waals surface area contributed by atoms with Gasteiger partial charge in [-0.15, -0.1) is 0 Å². The molecule has 130 valence electrons. The molecule has 24 heavy (non-hydrogen) atoms. The van der Waals surface area contributed by atoms with Gasteiger partial charge in [-0.25, -0.2) is 0 Å². The summed E-state index contributed by atoms with van der Waals surface area (Å²) in [7, 11) is 1.69. The first-order valence-corrected chi connectivity index (χ1v) is 8.74. The van der Waals surface area contributed by atoms with Crippen molar-refractivity contribution in [2.75, 3.05) is 20.3 Å². The van der Waals surface area contributed by atoms with Gasteiger partial charge in [-0.2, -0.15) is 0 Å². The summed E-state index contributed by atoms with van der Waals surface area (Å²) in [5.74, 6) is 2.13. The quantitative estimate of drug-likeness (QED) is 0.691. The third-order valence-corrected chi connectivity index (χ3v) is 4.35. The Hall–Kier alpha value is -2.00. The molecule has 0 radical (unpaired) electrons. The number of ether oxygens (including phenoxy) is 2. The number of hydrogen-bond donors (Lipinski definition) is 1. The van der Waals surface area contributed by atoms with Crippen LogP contribution in [0.15, 0.2) is 42.5 Å². The van der Waals surface area contributed by atoms with E-state index in [0.29, 0.717) is 12.5 Å². The second-order valence-corrected chi connectivity index (χ2v) is 6.21. The van der Waals surface area contributed by atoms with E-state index in [1.54, 1.807) is 7.11 Å². The molecule has 2 aromatic carbocycles. The average molecular weight is 327 g/mol. The van der Waals surface area contributed by atoms with E-state index in [2.05, 4.69) is 44.2 Å². The number of unbranched alkanes of at least 4 members (excludes halogenated alkanes) is 1. The van der Waals surface area contributed by atoms with Crippen molar-refractivity contribution in [3.63, 3.8) is 0 Å². The monoisotopic (exact) mass is 327 g/mol. The highest BCUT2D eigenvalue weighted by molar-refractivity contribution is 5.38. The number of benzene rings is 2. The predicted molar refractivity (Wildman–Crippen MR) is 100 cm³/mol. The minimum Gasteiger partial charge on any atom is -0.497 e. The highest BCUT2D eigenvalue weighted by Gasteiger charge is 2.14. The highest BCUT2D eigenvalue weighted by Crippen LogP contribution is 2.27.